The lowest BCUT2D eigenvalue weighted by Crippen LogP contribution is -2.49. The Morgan fingerprint density at radius 2 is 1.90 bits per heavy atom. The van der Waals surface area contributed by atoms with Gasteiger partial charge >= 0.3 is 0 Å². The van der Waals surface area contributed by atoms with E-state index in [-0.39, 0.29) is 23.0 Å². The van der Waals surface area contributed by atoms with Gasteiger partial charge in [0.1, 0.15) is 5.75 Å². The standard InChI is InChI=1S/C20H19ClN6O4/c1-13-19(22-23-26(13)14-3-2-4-16(28)11-14)20(29)25-9-7-24(8-10-25)18-6-5-15(27(30)31)12-17(18)21/h2-6,11-12,28H,7-10H2,1H3. The molecule has 1 saturated heterocycles. The van der Waals surface area contributed by atoms with Gasteiger partial charge in [0.25, 0.3) is 11.6 Å². The highest BCUT2D eigenvalue weighted by atomic mass is 35.5. The number of non-ortho nitro benzene ring substituents is 1. The number of hydrogen-bond acceptors (Lipinski definition) is 7. The summed E-state index contributed by atoms with van der Waals surface area (Å²) in [6.07, 6.45) is 0. The molecule has 1 aromatic heterocycles. The molecular formula is C20H19ClN6O4. The first kappa shape index (κ1) is 20.6. The number of nitro groups is 1. The molecule has 0 aliphatic carbocycles. The first-order valence-corrected chi connectivity index (χ1v) is 9.93. The highest BCUT2D eigenvalue weighted by molar-refractivity contribution is 6.33. The number of halogens is 1. The van der Waals surface area contributed by atoms with Gasteiger partial charge in [-0.3, -0.25) is 14.9 Å². The van der Waals surface area contributed by atoms with Crippen LogP contribution in [0.15, 0.2) is 42.5 Å². The molecule has 1 aliphatic rings. The van der Waals surface area contributed by atoms with Crippen molar-refractivity contribution in [1.82, 2.24) is 19.9 Å². The van der Waals surface area contributed by atoms with Crippen LogP contribution in [-0.2, 0) is 0 Å². The summed E-state index contributed by atoms with van der Waals surface area (Å²) in [5.74, 6) is -0.125. The van der Waals surface area contributed by atoms with Crippen LogP contribution in [0.25, 0.3) is 5.69 Å². The number of phenols is 1. The molecule has 0 bridgehead atoms. The number of anilines is 1. The van der Waals surface area contributed by atoms with Crippen LogP contribution in [0.1, 0.15) is 16.2 Å². The Morgan fingerprint density at radius 3 is 2.55 bits per heavy atom. The number of rotatable bonds is 4. The van der Waals surface area contributed by atoms with Gasteiger partial charge in [-0.15, -0.1) is 5.10 Å². The number of aromatic hydroxyl groups is 1. The molecule has 31 heavy (non-hydrogen) atoms. The maximum atomic E-state index is 13.0. The first-order chi connectivity index (χ1) is 14.8. The lowest BCUT2D eigenvalue weighted by atomic mass is 10.2. The fraction of sp³-hybridized carbons (Fsp3) is 0.250. The lowest BCUT2D eigenvalue weighted by molar-refractivity contribution is -0.384. The summed E-state index contributed by atoms with van der Waals surface area (Å²) in [4.78, 5) is 27.1. The summed E-state index contributed by atoms with van der Waals surface area (Å²) >= 11 is 6.23. The largest absolute Gasteiger partial charge is 0.508 e. The van der Waals surface area contributed by atoms with Crippen molar-refractivity contribution in [3.63, 3.8) is 0 Å². The van der Waals surface area contributed by atoms with E-state index in [0.29, 0.717) is 48.3 Å². The van der Waals surface area contributed by atoms with Crippen molar-refractivity contribution in [1.29, 1.82) is 0 Å². The van der Waals surface area contributed by atoms with Crippen LogP contribution in [-0.4, -0.2) is 62.0 Å². The number of nitrogens with zero attached hydrogens (tertiary/aromatic N) is 6. The first-order valence-electron chi connectivity index (χ1n) is 9.55. The molecule has 4 rings (SSSR count). The highest BCUT2D eigenvalue weighted by Gasteiger charge is 2.27. The fourth-order valence-electron chi connectivity index (χ4n) is 3.56. The SMILES string of the molecule is Cc1c(C(=O)N2CCN(c3ccc([N+](=O)[O-])cc3Cl)CC2)nnn1-c1cccc(O)c1. The van der Waals surface area contributed by atoms with Gasteiger partial charge in [-0.25, -0.2) is 4.68 Å². The van der Waals surface area contributed by atoms with E-state index in [1.165, 1.54) is 16.8 Å². The predicted molar refractivity (Wildman–Crippen MR) is 114 cm³/mol. The van der Waals surface area contributed by atoms with E-state index >= 15 is 0 Å². The Morgan fingerprint density at radius 1 is 1.16 bits per heavy atom. The summed E-state index contributed by atoms with van der Waals surface area (Å²) in [5, 5.41) is 29.0. The second-order valence-corrected chi connectivity index (χ2v) is 7.53. The molecule has 2 heterocycles. The zero-order valence-electron chi connectivity index (χ0n) is 16.6. The van der Waals surface area contributed by atoms with Crippen LogP contribution >= 0.6 is 11.6 Å². The molecule has 10 nitrogen and oxygen atoms in total. The maximum Gasteiger partial charge on any atom is 0.276 e. The number of carbonyl (C=O) groups excluding carboxylic acids is 1. The lowest BCUT2D eigenvalue weighted by Gasteiger charge is -2.36. The minimum atomic E-state index is -0.488. The summed E-state index contributed by atoms with van der Waals surface area (Å²) in [7, 11) is 0. The number of carbonyl (C=O) groups is 1. The monoisotopic (exact) mass is 442 g/mol. The van der Waals surface area contributed by atoms with Gasteiger partial charge in [-0.2, -0.15) is 0 Å². The molecule has 2 aromatic carbocycles. The van der Waals surface area contributed by atoms with Crippen LogP contribution in [0, 0.1) is 17.0 Å². The second-order valence-electron chi connectivity index (χ2n) is 7.13. The molecule has 1 aliphatic heterocycles. The van der Waals surface area contributed by atoms with Crippen LogP contribution in [0.4, 0.5) is 11.4 Å². The molecule has 0 saturated carbocycles. The Kier molecular flexibility index (Phi) is 5.47. The van der Waals surface area contributed by atoms with E-state index in [0.717, 1.165) is 0 Å². The van der Waals surface area contributed by atoms with Gasteiger partial charge in [0.2, 0.25) is 0 Å². The Bertz CT molecular complexity index is 1160. The van der Waals surface area contributed by atoms with Crippen molar-refractivity contribution in [2.24, 2.45) is 0 Å². The zero-order valence-corrected chi connectivity index (χ0v) is 17.4. The van der Waals surface area contributed by atoms with Crippen LogP contribution in [0.5, 0.6) is 5.75 Å². The van der Waals surface area contributed by atoms with Gasteiger partial charge in [0, 0.05) is 44.4 Å². The second kappa shape index (κ2) is 8.23. The minimum Gasteiger partial charge on any atom is -0.508 e. The zero-order chi connectivity index (χ0) is 22.1. The van der Waals surface area contributed by atoms with Crippen molar-refractivity contribution in [2.45, 2.75) is 6.92 Å². The van der Waals surface area contributed by atoms with Gasteiger partial charge < -0.3 is 14.9 Å². The van der Waals surface area contributed by atoms with Crippen molar-refractivity contribution in [3.05, 3.63) is 69.0 Å². The summed E-state index contributed by atoms with van der Waals surface area (Å²) in [5.41, 5.74) is 2.08. The van der Waals surface area contributed by atoms with Crippen molar-refractivity contribution in [3.8, 4) is 11.4 Å². The number of amides is 1. The summed E-state index contributed by atoms with van der Waals surface area (Å²) in [6, 6.07) is 10.9. The molecule has 1 amide bonds. The molecule has 3 aromatic rings. The molecule has 0 unspecified atom stereocenters. The number of piperazine rings is 1. The smallest absolute Gasteiger partial charge is 0.276 e. The Hall–Kier alpha value is -3.66. The third-order valence-corrected chi connectivity index (χ3v) is 5.52. The average Bonchev–Trinajstić information content (AvgIpc) is 3.14. The normalized spacial score (nSPS) is 14.0. The average molecular weight is 443 g/mol. The minimum absolute atomic E-state index is 0.0622. The number of nitro benzene ring substituents is 1. The van der Waals surface area contributed by atoms with Gasteiger partial charge in [-0.1, -0.05) is 22.9 Å². The molecule has 1 N–H and O–H groups in total. The van der Waals surface area contributed by atoms with E-state index in [9.17, 15) is 20.0 Å². The van der Waals surface area contributed by atoms with Crippen LogP contribution < -0.4 is 4.90 Å². The summed E-state index contributed by atoms with van der Waals surface area (Å²) < 4.78 is 1.51. The Balaban J connectivity index is 1.46. The Labute approximate surface area is 182 Å². The van der Waals surface area contributed by atoms with E-state index in [4.69, 9.17) is 11.6 Å². The fourth-order valence-corrected chi connectivity index (χ4v) is 3.86. The van der Waals surface area contributed by atoms with E-state index in [2.05, 4.69) is 10.3 Å². The van der Waals surface area contributed by atoms with E-state index in [1.807, 2.05) is 4.90 Å². The number of hydrogen-bond donors (Lipinski definition) is 1. The van der Waals surface area contributed by atoms with Gasteiger partial charge in [0.15, 0.2) is 5.69 Å². The van der Waals surface area contributed by atoms with Gasteiger partial charge in [0.05, 0.1) is 27.0 Å². The number of benzene rings is 2. The molecule has 1 fully saturated rings. The number of aromatic nitrogens is 3. The molecule has 160 valence electrons. The maximum absolute atomic E-state index is 13.0. The van der Waals surface area contributed by atoms with E-state index < -0.39 is 4.92 Å². The summed E-state index contributed by atoms with van der Waals surface area (Å²) in [6.45, 7) is 3.71. The third-order valence-electron chi connectivity index (χ3n) is 5.22. The molecule has 11 heteroatoms. The predicted octanol–water partition coefficient (Wildman–Crippen LogP) is 2.81. The molecule has 0 radical (unpaired) electrons. The van der Waals surface area contributed by atoms with E-state index in [1.54, 1.807) is 42.2 Å². The highest BCUT2D eigenvalue weighted by Crippen LogP contribution is 2.30. The molecular weight excluding hydrogens is 424 g/mol. The third kappa shape index (κ3) is 4.02. The number of phenolic OH excluding ortho intramolecular Hbond substituents is 1. The molecule has 0 atom stereocenters. The van der Waals surface area contributed by atoms with Crippen LogP contribution in [0.3, 0.4) is 0 Å². The quantitative estimate of drug-likeness (QED) is 0.487. The van der Waals surface area contributed by atoms with Crippen molar-refractivity contribution in [2.75, 3.05) is 31.1 Å². The van der Waals surface area contributed by atoms with Crippen molar-refractivity contribution >= 4 is 28.9 Å². The topological polar surface area (TPSA) is 118 Å². The molecule has 0 spiro atoms. The van der Waals surface area contributed by atoms with Gasteiger partial charge in [-0.05, 0) is 25.1 Å². The van der Waals surface area contributed by atoms with Crippen LogP contribution in [0.2, 0.25) is 5.02 Å². The van der Waals surface area contributed by atoms with Crippen molar-refractivity contribution < 1.29 is 14.8 Å².